The van der Waals surface area contributed by atoms with E-state index < -0.39 is 28.9 Å². The number of anilines is 1. The number of carbonyl (C=O) groups is 1. The van der Waals surface area contributed by atoms with Gasteiger partial charge in [-0.1, -0.05) is 36.4 Å². The van der Waals surface area contributed by atoms with E-state index in [9.17, 15) is 22.8 Å². The molecule has 1 aromatic heterocycles. The van der Waals surface area contributed by atoms with Crippen LogP contribution in [0.25, 0.3) is 0 Å². The third-order valence-corrected chi connectivity index (χ3v) is 4.35. The Morgan fingerprint density at radius 2 is 1.68 bits per heavy atom. The van der Waals surface area contributed by atoms with Gasteiger partial charge >= 0.3 is 6.18 Å². The third-order valence-electron chi connectivity index (χ3n) is 4.35. The number of aryl methyl sites for hydroxylation is 1. The molecule has 0 aliphatic rings. The van der Waals surface area contributed by atoms with Gasteiger partial charge in [-0.05, 0) is 42.3 Å². The second-order valence-corrected chi connectivity index (χ2v) is 6.28. The Bertz CT molecular complexity index is 1070. The average Bonchev–Trinajstić information content (AvgIpc) is 2.64. The first kappa shape index (κ1) is 19.4. The van der Waals surface area contributed by atoms with E-state index in [4.69, 9.17) is 0 Å². The highest BCUT2D eigenvalue weighted by Gasteiger charge is 2.33. The molecule has 3 aromatic rings. The Hall–Kier alpha value is -3.35. The maximum Gasteiger partial charge on any atom is 0.418 e. The minimum Gasteiger partial charge on any atom is -0.321 e. The Morgan fingerprint density at radius 3 is 2.39 bits per heavy atom. The van der Waals surface area contributed by atoms with Crippen molar-refractivity contribution in [3.8, 4) is 0 Å². The van der Waals surface area contributed by atoms with Crippen LogP contribution in [0.1, 0.15) is 27.0 Å². The fourth-order valence-electron chi connectivity index (χ4n) is 2.83. The van der Waals surface area contributed by atoms with Gasteiger partial charge in [0.25, 0.3) is 11.5 Å². The molecule has 0 radical (unpaired) electrons. The molecule has 0 saturated carbocycles. The summed E-state index contributed by atoms with van der Waals surface area (Å²) in [5, 5.41) is 2.20. The molecule has 0 aliphatic carbocycles. The van der Waals surface area contributed by atoms with Crippen LogP contribution in [0.4, 0.5) is 18.9 Å². The number of nitrogens with one attached hydrogen (secondary N) is 1. The number of para-hydroxylation sites is 1. The standard InChI is InChI=1S/C21H17F3N2O2/c1-14-7-2-3-8-15(14)13-26-12-6-9-16(20(26)28)19(27)25-18-11-5-4-10-17(18)21(22,23)24/h2-12H,13H2,1H3,(H,25,27). The van der Waals surface area contributed by atoms with Gasteiger partial charge in [0.1, 0.15) is 5.56 Å². The summed E-state index contributed by atoms with van der Waals surface area (Å²) in [4.78, 5) is 25.2. The van der Waals surface area contributed by atoms with Crippen LogP contribution in [-0.2, 0) is 12.7 Å². The summed E-state index contributed by atoms with van der Waals surface area (Å²) >= 11 is 0. The normalized spacial score (nSPS) is 11.3. The molecule has 2 aromatic carbocycles. The quantitative estimate of drug-likeness (QED) is 0.719. The minimum absolute atomic E-state index is 0.229. The van der Waals surface area contributed by atoms with E-state index in [2.05, 4.69) is 5.32 Å². The van der Waals surface area contributed by atoms with Crippen LogP contribution in [-0.4, -0.2) is 10.5 Å². The van der Waals surface area contributed by atoms with Crippen LogP contribution >= 0.6 is 0 Å². The van der Waals surface area contributed by atoms with Gasteiger partial charge in [-0.25, -0.2) is 0 Å². The lowest BCUT2D eigenvalue weighted by atomic mass is 10.1. The van der Waals surface area contributed by atoms with Gasteiger partial charge in [-0.2, -0.15) is 13.2 Å². The topological polar surface area (TPSA) is 51.1 Å². The second-order valence-electron chi connectivity index (χ2n) is 6.28. The maximum absolute atomic E-state index is 13.1. The van der Waals surface area contributed by atoms with E-state index in [0.717, 1.165) is 23.3 Å². The zero-order valence-corrected chi connectivity index (χ0v) is 15.0. The molecule has 144 valence electrons. The molecule has 0 unspecified atom stereocenters. The number of alkyl halides is 3. The smallest absolute Gasteiger partial charge is 0.321 e. The zero-order valence-electron chi connectivity index (χ0n) is 15.0. The van der Waals surface area contributed by atoms with Crippen molar-refractivity contribution in [2.75, 3.05) is 5.32 Å². The predicted molar refractivity (Wildman–Crippen MR) is 100 cm³/mol. The molecule has 0 atom stereocenters. The molecule has 1 amide bonds. The van der Waals surface area contributed by atoms with E-state index in [1.165, 1.54) is 35.0 Å². The molecule has 1 heterocycles. The highest BCUT2D eigenvalue weighted by molar-refractivity contribution is 6.04. The Kier molecular flexibility index (Phi) is 5.35. The Morgan fingerprint density at radius 1 is 1.00 bits per heavy atom. The van der Waals surface area contributed by atoms with E-state index in [0.29, 0.717) is 0 Å². The number of hydrogen-bond donors (Lipinski definition) is 1. The van der Waals surface area contributed by atoms with Gasteiger partial charge in [0.15, 0.2) is 0 Å². The third kappa shape index (κ3) is 4.14. The summed E-state index contributed by atoms with van der Waals surface area (Å²) < 4.78 is 40.7. The summed E-state index contributed by atoms with van der Waals surface area (Å²) in [5.41, 5.74) is -0.276. The van der Waals surface area contributed by atoms with Crippen LogP contribution in [0.2, 0.25) is 0 Å². The van der Waals surface area contributed by atoms with E-state index in [-0.39, 0.29) is 12.1 Å². The Labute approximate surface area is 159 Å². The monoisotopic (exact) mass is 386 g/mol. The van der Waals surface area contributed by atoms with E-state index >= 15 is 0 Å². The van der Waals surface area contributed by atoms with Crippen LogP contribution in [0.15, 0.2) is 71.7 Å². The van der Waals surface area contributed by atoms with Crippen LogP contribution in [0.3, 0.4) is 0 Å². The molecule has 28 heavy (non-hydrogen) atoms. The van der Waals surface area contributed by atoms with Crippen LogP contribution < -0.4 is 10.9 Å². The van der Waals surface area contributed by atoms with Gasteiger partial charge < -0.3 is 9.88 Å². The molecule has 7 heteroatoms. The van der Waals surface area contributed by atoms with Crippen LogP contribution in [0, 0.1) is 6.92 Å². The highest BCUT2D eigenvalue weighted by atomic mass is 19.4. The van der Waals surface area contributed by atoms with Crippen LogP contribution in [0.5, 0.6) is 0 Å². The van der Waals surface area contributed by atoms with E-state index in [1.54, 1.807) is 0 Å². The first-order chi connectivity index (χ1) is 13.3. The summed E-state index contributed by atoms with van der Waals surface area (Å²) in [7, 11) is 0. The summed E-state index contributed by atoms with van der Waals surface area (Å²) in [5.74, 6) is -0.888. The van der Waals surface area contributed by atoms with Crippen molar-refractivity contribution in [3.05, 3.63) is 99.5 Å². The number of hydrogen-bond acceptors (Lipinski definition) is 2. The fourth-order valence-corrected chi connectivity index (χ4v) is 2.83. The van der Waals surface area contributed by atoms with Crippen molar-refractivity contribution < 1.29 is 18.0 Å². The lowest BCUT2D eigenvalue weighted by molar-refractivity contribution is -0.136. The zero-order chi connectivity index (χ0) is 20.3. The van der Waals surface area contributed by atoms with Crippen molar-refractivity contribution in [3.63, 3.8) is 0 Å². The van der Waals surface area contributed by atoms with Crippen molar-refractivity contribution in [2.45, 2.75) is 19.6 Å². The number of rotatable bonds is 4. The second kappa shape index (κ2) is 7.72. The number of nitrogens with zero attached hydrogens (tertiary/aromatic N) is 1. The molecular formula is C21H17F3N2O2. The van der Waals surface area contributed by atoms with Crippen molar-refractivity contribution >= 4 is 11.6 Å². The largest absolute Gasteiger partial charge is 0.418 e. The number of aromatic nitrogens is 1. The SMILES string of the molecule is Cc1ccccc1Cn1cccc(C(=O)Nc2ccccc2C(F)(F)F)c1=O. The summed E-state index contributed by atoms with van der Waals surface area (Å²) in [6.45, 7) is 2.16. The predicted octanol–water partition coefficient (Wildman–Crippen LogP) is 4.48. The number of carbonyl (C=O) groups excluding carboxylic acids is 1. The molecule has 0 spiro atoms. The van der Waals surface area contributed by atoms with Gasteiger partial charge in [0, 0.05) is 6.20 Å². The molecule has 0 saturated heterocycles. The van der Waals surface area contributed by atoms with E-state index in [1.807, 2.05) is 31.2 Å². The molecule has 1 N–H and O–H groups in total. The van der Waals surface area contributed by atoms with Crippen molar-refractivity contribution in [1.29, 1.82) is 0 Å². The molecule has 0 fully saturated rings. The van der Waals surface area contributed by atoms with Crippen molar-refractivity contribution in [2.24, 2.45) is 0 Å². The molecule has 0 bridgehead atoms. The highest BCUT2D eigenvalue weighted by Crippen LogP contribution is 2.34. The lowest BCUT2D eigenvalue weighted by Crippen LogP contribution is -2.29. The minimum atomic E-state index is -4.62. The summed E-state index contributed by atoms with van der Waals surface area (Å²) in [6, 6.07) is 14.9. The first-order valence-corrected chi connectivity index (χ1v) is 8.49. The Balaban J connectivity index is 1.90. The number of halogens is 3. The van der Waals surface area contributed by atoms with Gasteiger partial charge in [0.2, 0.25) is 0 Å². The maximum atomic E-state index is 13.1. The number of pyridine rings is 1. The van der Waals surface area contributed by atoms with Crippen molar-refractivity contribution in [1.82, 2.24) is 4.57 Å². The van der Waals surface area contributed by atoms with Gasteiger partial charge in [0.05, 0.1) is 17.8 Å². The lowest BCUT2D eigenvalue weighted by Gasteiger charge is -2.14. The molecule has 3 rings (SSSR count). The number of benzene rings is 2. The van der Waals surface area contributed by atoms with Gasteiger partial charge in [-0.15, -0.1) is 0 Å². The molecule has 0 aliphatic heterocycles. The number of amides is 1. The molecule has 4 nitrogen and oxygen atoms in total. The fraction of sp³-hybridized carbons (Fsp3) is 0.143. The van der Waals surface area contributed by atoms with Gasteiger partial charge in [-0.3, -0.25) is 9.59 Å². The molecular weight excluding hydrogens is 369 g/mol. The average molecular weight is 386 g/mol. The first-order valence-electron chi connectivity index (χ1n) is 8.49. The summed E-state index contributed by atoms with van der Waals surface area (Å²) in [6.07, 6.45) is -3.08.